The van der Waals surface area contributed by atoms with Gasteiger partial charge in [-0.2, -0.15) is 0 Å². The molecule has 1 fully saturated rings. The summed E-state index contributed by atoms with van der Waals surface area (Å²) in [5, 5.41) is 0. The zero-order valence-corrected chi connectivity index (χ0v) is 15.7. The lowest BCUT2D eigenvalue weighted by atomic mass is 10.1. The molecule has 1 aliphatic heterocycles. The van der Waals surface area contributed by atoms with E-state index in [1.165, 1.54) is 0 Å². The minimum atomic E-state index is -0.386. The van der Waals surface area contributed by atoms with Gasteiger partial charge in [0.05, 0.1) is 12.7 Å². The third kappa shape index (κ3) is 4.58. The molecule has 2 aromatic carbocycles. The number of methoxy groups -OCH3 is 1. The van der Waals surface area contributed by atoms with Crippen LogP contribution in [0.4, 0.5) is 4.79 Å². The van der Waals surface area contributed by atoms with Crippen LogP contribution in [0.15, 0.2) is 48.5 Å². The fourth-order valence-corrected chi connectivity index (χ4v) is 3.12. The lowest BCUT2D eigenvalue weighted by Crippen LogP contribution is -2.38. The van der Waals surface area contributed by atoms with Crippen LogP contribution in [0.2, 0.25) is 0 Å². The Labute approximate surface area is 159 Å². The second-order valence-corrected chi connectivity index (χ2v) is 6.52. The van der Waals surface area contributed by atoms with Crippen LogP contribution in [0, 0.1) is 6.92 Å². The highest BCUT2D eigenvalue weighted by Gasteiger charge is 2.25. The zero-order chi connectivity index (χ0) is 19.2. The summed E-state index contributed by atoms with van der Waals surface area (Å²) in [6.45, 7) is 3.98. The second kappa shape index (κ2) is 8.58. The van der Waals surface area contributed by atoms with Gasteiger partial charge in [-0.15, -0.1) is 0 Å². The van der Waals surface area contributed by atoms with Crippen molar-refractivity contribution in [3.8, 4) is 11.5 Å². The van der Waals surface area contributed by atoms with Crippen molar-refractivity contribution in [3.63, 3.8) is 0 Å². The summed E-state index contributed by atoms with van der Waals surface area (Å²) in [6, 6.07) is 14.6. The van der Waals surface area contributed by atoms with Gasteiger partial charge in [-0.25, -0.2) is 4.79 Å². The minimum Gasteiger partial charge on any atom is -0.496 e. The molecule has 0 N–H and O–H groups in total. The Bertz CT molecular complexity index is 807. The van der Waals surface area contributed by atoms with Crippen LogP contribution in [0.5, 0.6) is 11.5 Å². The number of carbonyl (C=O) groups excluding carboxylic acids is 2. The molecule has 0 aliphatic carbocycles. The highest BCUT2D eigenvalue weighted by molar-refractivity contribution is 5.97. The Kier molecular flexibility index (Phi) is 5.96. The average molecular weight is 368 g/mol. The van der Waals surface area contributed by atoms with Gasteiger partial charge in [0.25, 0.3) is 5.91 Å². The number of hydrogen-bond donors (Lipinski definition) is 0. The van der Waals surface area contributed by atoms with E-state index >= 15 is 0 Å². The summed E-state index contributed by atoms with van der Waals surface area (Å²) < 4.78 is 10.7. The predicted octanol–water partition coefficient (Wildman–Crippen LogP) is 3.35. The molecule has 6 nitrogen and oxygen atoms in total. The number of aryl methyl sites for hydroxylation is 1. The maximum absolute atomic E-state index is 13.0. The van der Waals surface area contributed by atoms with Gasteiger partial charge in [0, 0.05) is 26.2 Å². The van der Waals surface area contributed by atoms with E-state index in [4.69, 9.17) is 9.47 Å². The van der Waals surface area contributed by atoms with Crippen LogP contribution in [0.3, 0.4) is 0 Å². The molecule has 0 bridgehead atoms. The topological polar surface area (TPSA) is 59.1 Å². The van der Waals surface area contributed by atoms with Crippen molar-refractivity contribution in [2.24, 2.45) is 0 Å². The van der Waals surface area contributed by atoms with Crippen molar-refractivity contribution >= 4 is 12.0 Å². The van der Waals surface area contributed by atoms with E-state index in [9.17, 15) is 9.59 Å². The van der Waals surface area contributed by atoms with E-state index < -0.39 is 0 Å². The molecule has 0 saturated carbocycles. The smallest absolute Gasteiger partial charge is 0.415 e. The Morgan fingerprint density at radius 2 is 1.63 bits per heavy atom. The van der Waals surface area contributed by atoms with Gasteiger partial charge < -0.3 is 19.3 Å². The van der Waals surface area contributed by atoms with E-state index in [1.54, 1.807) is 29.0 Å². The van der Waals surface area contributed by atoms with Gasteiger partial charge in [-0.1, -0.05) is 29.8 Å². The summed E-state index contributed by atoms with van der Waals surface area (Å²) in [5.74, 6) is 1.01. The minimum absolute atomic E-state index is 0.0752. The van der Waals surface area contributed by atoms with Crippen molar-refractivity contribution < 1.29 is 19.1 Å². The maximum atomic E-state index is 13.0. The molecule has 6 heteroatoms. The normalized spacial score (nSPS) is 14.4. The van der Waals surface area contributed by atoms with Gasteiger partial charge in [0.2, 0.25) is 0 Å². The predicted molar refractivity (Wildman–Crippen MR) is 102 cm³/mol. The van der Waals surface area contributed by atoms with E-state index in [2.05, 4.69) is 0 Å². The van der Waals surface area contributed by atoms with Crippen LogP contribution in [-0.2, 0) is 0 Å². The highest BCUT2D eigenvalue weighted by Crippen LogP contribution is 2.22. The molecule has 2 aromatic rings. The lowest BCUT2D eigenvalue weighted by molar-refractivity contribution is 0.0756. The number of hydrogen-bond acceptors (Lipinski definition) is 4. The number of rotatable bonds is 3. The first kappa shape index (κ1) is 18.8. The van der Waals surface area contributed by atoms with Crippen LogP contribution in [-0.4, -0.2) is 55.1 Å². The van der Waals surface area contributed by atoms with E-state index in [-0.39, 0.29) is 12.0 Å². The lowest BCUT2D eigenvalue weighted by Gasteiger charge is -2.22. The largest absolute Gasteiger partial charge is 0.496 e. The van der Waals surface area contributed by atoms with E-state index in [1.807, 2.05) is 43.3 Å². The van der Waals surface area contributed by atoms with Crippen LogP contribution < -0.4 is 9.47 Å². The Morgan fingerprint density at radius 3 is 2.37 bits per heavy atom. The molecule has 2 amide bonds. The van der Waals surface area contributed by atoms with Crippen molar-refractivity contribution in [3.05, 3.63) is 59.7 Å². The molecule has 0 atom stereocenters. The van der Waals surface area contributed by atoms with Crippen molar-refractivity contribution in [2.75, 3.05) is 33.3 Å². The first-order valence-electron chi connectivity index (χ1n) is 9.04. The highest BCUT2D eigenvalue weighted by atomic mass is 16.6. The molecular formula is C21H24N2O4. The van der Waals surface area contributed by atoms with Gasteiger partial charge in [-0.3, -0.25) is 4.79 Å². The fraction of sp³-hybridized carbons (Fsp3) is 0.333. The third-order valence-corrected chi connectivity index (χ3v) is 4.58. The van der Waals surface area contributed by atoms with Crippen molar-refractivity contribution in [1.82, 2.24) is 9.80 Å². The standard InChI is InChI=1S/C21H24N2O4/c1-16-9-10-19(26-2)18(15-16)20(24)22-11-6-12-23(14-13-22)21(25)27-17-7-4-3-5-8-17/h3-5,7-10,15H,6,11-14H2,1-2H3. The SMILES string of the molecule is COc1ccc(C)cc1C(=O)N1CCCN(C(=O)Oc2ccccc2)CC1. The number of benzene rings is 2. The summed E-state index contributed by atoms with van der Waals surface area (Å²) in [5.41, 5.74) is 1.56. The summed E-state index contributed by atoms with van der Waals surface area (Å²) >= 11 is 0. The first-order valence-corrected chi connectivity index (χ1v) is 9.04. The van der Waals surface area contributed by atoms with Gasteiger partial charge in [-0.05, 0) is 37.6 Å². The maximum Gasteiger partial charge on any atom is 0.415 e. The fourth-order valence-electron chi connectivity index (χ4n) is 3.12. The molecule has 0 aromatic heterocycles. The van der Waals surface area contributed by atoms with Crippen LogP contribution in [0.25, 0.3) is 0 Å². The molecule has 0 spiro atoms. The second-order valence-electron chi connectivity index (χ2n) is 6.52. The third-order valence-electron chi connectivity index (χ3n) is 4.58. The zero-order valence-electron chi connectivity index (χ0n) is 15.7. The Hall–Kier alpha value is -3.02. The average Bonchev–Trinajstić information content (AvgIpc) is 2.94. The molecular weight excluding hydrogens is 344 g/mol. The molecule has 1 aliphatic rings. The molecule has 1 heterocycles. The molecule has 3 rings (SSSR count). The summed E-state index contributed by atoms with van der Waals surface area (Å²) in [7, 11) is 1.56. The molecule has 1 saturated heterocycles. The Morgan fingerprint density at radius 1 is 0.926 bits per heavy atom. The monoisotopic (exact) mass is 368 g/mol. The van der Waals surface area contributed by atoms with E-state index in [0.29, 0.717) is 49.7 Å². The first-order chi connectivity index (χ1) is 13.1. The van der Waals surface area contributed by atoms with Crippen molar-refractivity contribution in [1.29, 1.82) is 0 Å². The molecule has 27 heavy (non-hydrogen) atoms. The quantitative estimate of drug-likeness (QED) is 0.834. The van der Waals surface area contributed by atoms with Gasteiger partial charge in [0.1, 0.15) is 11.5 Å². The van der Waals surface area contributed by atoms with Crippen LogP contribution in [0.1, 0.15) is 22.3 Å². The number of nitrogens with zero attached hydrogens (tertiary/aromatic N) is 2. The molecule has 0 radical (unpaired) electrons. The number of amides is 2. The summed E-state index contributed by atoms with van der Waals surface area (Å²) in [6.07, 6.45) is 0.313. The Balaban J connectivity index is 1.65. The van der Waals surface area contributed by atoms with Crippen molar-refractivity contribution in [2.45, 2.75) is 13.3 Å². The number of para-hydroxylation sites is 1. The van der Waals surface area contributed by atoms with Gasteiger partial charge >= 0.3 is 6.09 Å². The molecule has 0 unspecified atom stereocenters. The van der Waals surface area contributed by atoms with Crippen LogP contribution >= 0.6 is 0 Å². The number of ether oxygens (including phenoxy) is 2. The molecule has 142 valence electrons. The van der Waals surface area contributed by atoms with E-state index in [0.717, 1.165) is 5.56 Å². The summed E-state index contributed by atoms with van der Waals surface area (Å²) in [4.78, 5) is 28.8. The van der Waals surface area contributed by atoms with Gasteiger partial charge in [0.15, 0.2) is 0 Å². The number of carbonyl (C=O) groups is 2.